The Balaban J connectivity index is 1.78. The normalized spacial score (nSPS) is 17.1. The SMILES string of the molecule is C[C@@H](NS(=O)(=O)c1ccc(S(=O)(=O)N2CCCC2)cc1)c1ccc(F)cc1. The molecule has 1 aliphatic heterocycles. The van der Waals surface area contributed by atoms with Gasteiger partial charge in [-0.2, -0.15) is 4.31 Å². The van der Waals surface area contributed by atoms with Crippen molar-refractivity contribution in [2.75, 3.05) is 13.1 Å². The number of sulfonamides is 2. The maximum atomic E-state index is 13.0. The second-order valence-electron chi connectivity index (χ2n) is 6.48. The fraction of sp³-hybridized carbons (Fsp3) is 0.333. The van der Waals surface area contributed by atoms with Gasteiger partial charge in [0.25, 0.3) is 0 Å². The Bertz CT molecular complexity index is 998. The van der Waals surface area contributed by atoms with Crippen LogP contribution in [-0.4, -0.2) is 34.2 Å². The predicted octanol–water partition coefficient (Wildman–Crippen LogP) is 2.65. The predicted molar refractivity (Wildman–Crippen MR) is 99.6 cm³/mol. The van der Waals surface area contributed by atoms with E-state index in [0.717, 1.165) is 12.8 Å². The molecule has 1 saturated heterocycles. The van der Waals surface area contributed by atoms with Gasteiger partial charge in [-0.05, 0) is 61.7 Å². The Labute approximate surface area is 159 Å². The van der Waals surface area contributed by atoms with Crippen LogP contribution in [0.1, 0.15) is 31.4 Å². The number of halogens is 1. The van der Waals surface area contributed by atoms with Crippen molar-refractivity contribution >= 4 is 20.0 Å². The highest BCUT2D eigenvalue weighted by molar-refractivity contribution is 7.89. The van der Waals surface area contributed by atoms with E-state index in [2.05, 4.69) is 4.72 Å². The van der Waals surface area contributed by atoms with Gasteiger partial charge in [0.15, 0.2) is 0 Å². The first-order valence-corrected chi connectivity index (χ1v) is 11.5. The molecule has 0 radical (unpaired) electrons. The van der Waals surface area contributed by atoms with Crippen molar-refractivity contribution in [3.05, 3.63) is 59.9 Å². The summed E-state index contributed by atoms with van der Waals surface area (Å²) < 4.78 is 67.1. The van der Waals surface area contributed by atoms with Crippen LogP contribution in [0.3, 0.4) is 0 Å². The van der Waals surface area contributed by atoms with E-state index in [9.17, 15) is 21.2 Å². The van der Waals surface area contributed by atoms with E-state index in [1.807, 2.05) is 0 Å². The lowest BCUT2D eigenvalue weighted by Gasteiger charge is -2.17. The maximum Gasteiger partial charge on any atom is 0.243 e. The van der Waals surface area contributed by atoms with Crippen LogP contribution in [0.4, 0.5) is 4.39 Å². The molecule has 1 N–H and O–H groups in total. The molecule has 146 valence electrons. The van der Waals surface area contributed by atoms with E-state index in [1.54, 1.807) is 6.92 Å². The average Bonchev–Trinajstić information content (AvgIpc) is 3.17. The Hall–Kier alpha value is -1.81. The molecule has 6 nitrogen and oxygen atoms in total. The minimum atomic E-state index is -3.85. The van der Waals surface area contributed by atoms with Gasteiger partial charge in [-0.3, -0.25) is 0 Å². The zero-order valence-electron chi connectivity index (χ0n) is 14.8. The van der Waals surface area contributed by atoms with E-state index in [1.165, 1.54) is 52.8 Å². The summed E-state index contributed by atoms with van der Waals surface area (Å²) in [4.78, 5) is 0.0479. The molecule has 3 rings (SSSR count). The molecule has 0 bridgehead atoms. The van der Waals surface area contributed by atoms with Gasteiger partial charge in [-0.25, -0.2) is 25.9 Å². The number of nitrogens with one attached hydrogen (secondary N) is 1. The second kappa shape index (κ2) is 7.67. The Kier molecular flexibility index (Phi) is 5.66. The minimum absolute atomic E-state index is 0.0307. The monoisotopic (exact) mass is 412 g/mol. The Morgan fingerprint density at radius 2 is 1.41 bits per heavy atom. The van der Waals surface area contributed by atoms with Crippen LogP contribution in [0.15, 0.2) is 58.3 Å². The van der Waals surface area contributed by atoms with E-state index in [4.69, 9.17) is 0 Å². The highest BCUT2D eigenvalue weighted by Crippen LogP contribution is 2.23. The highest BCUT2D eigenvalue weighted by Gasteiger charge is 2.27. The van der Waals surface area contributed by atoms with Crippen molar-refractivity contribution in [2.24, 2.45) is 0 Å². The van der Waals surface area contributed by atoms with Crippen LogP contribution >= 0.6 is 0 Å². The molecule has 9 heteroatoms. The number of rotatable bonds is 6. The van der Waals surface area contributed by atoms with Crippen LogP contribution in [0.25, 0.3) is 0 Å². The molecule has 0 aliphatic carbocycles. The third-order valence-corrected chi connectivity index (χ3v) is 8.01. The summed E-state index contributed by atoms with van der Waals surface area (Å²) in [6.45, 7) is 2.62. The Morgan fingerprint density at radius 1 is 0.889 bits per heavy atom. The van der Waals surface area contributed by atoms with Crippen molar-refractivity contribution in [1.82, 2.24) is 9.03 Å². The molecule has 1 heterocycles. The van der Waals surface area contributed by atoms with Crippen LogP contribution < -0.4 is 4.72 Å². The summed E-state index contributed by atoms with van der Waals surface area (Å²) in [6.07, 6.45) is 1.66. The van der Waals surface area contributed by atoms with Crippen molar-refractivity contribution in [2.45, 2.75) is 35.6 Å². The summed E-state index contributed by atoms with van der Waals surface area (Å²) in [5.74, 6) is -0.399. The minimum Gasteiger partial charge on any atom is -0.207 e. The summed E-state index contributed by atoms with van der Waals surface area (Å²) in [6, 6.07) is 10.2. The number of benzene rings is 2. The molecule has 0 aromatic heterocycles. The van der Waals surface area contributed by atoms with E-state index in [0.29, 0.717) is 18.7 Å². The first-order valence-electron chi connectivity index (χ1n) is 8.58. The summed E-state index contributed by atoms with van der Waals surface area (Å²) >= 11 is 0. The summed E-state index contributed by atoms with van der Waals surface area (Å²) in [5, 5.41) is 0. The van der Waals surface area contributed by atoms with Crippen LogP contribution in [-0.2, 0) is 20.0 Å². The van der Waals surface area contributed by atoms with Gasteiger partial charge >= 0.3 is 0 Å². The number of nitrogens with zero attached hydrogens (tertiary/aromatic N) is 1. The first-order chi connectivity index (χ1) is 12.7. The molecule has 2 aromatic rings. The number of hydrogen-bond acceptors (Lipinski definition) is 4. The van der Waals surface area contributed by atoms with Gasteiger partial charge in [0, 0.05) is 19.1 Å². The Morgan fingerprint density at radius 3 is 1.96 bits per heavy atom. The van der Waals surface area contributed by atoms with Crippen LogP contribution in [0.5, 0.6) is 0 Å². The highest BCUT2D eigenvalue weighted by atomic mass is 32.2. The zero-order valence-corrected chi connectivity index (χ0v) is 16.4. The molecule has 0 amide bonds. The molecule has 2 aromatic carbocycles. The van der Waals surface area contributed by atoms with Crippen molar-refractivity contribution in [1.29, 1.82) is 0 Å². The van der Waals surface area contributed by atoms with E-state index < -0.39 is 31.9 Å². The van der Waals surface area contributed by atoms with Crippen molar-refractivity contribution in [3.8, 4) is 0 Å². The van der Waals surface area contributed by atoms with Crippen molar-refractivity contribution < 1.29 is 21.2 Å². The third-order valence-electron chi connectivity index (χ3n) is 4.54. The molecule has 1 atom stereocenters. The quantitative estimate of drug-likeness (QED) is 0.791. The molecule has 1 aliphatic rings. The summed E-state index contributed by atoms with van der Waals surface area (Å²) in [5.41, 5.74) is 0.619. The standard InChI is InChI=1S/C18H21FN2O4S2/c1-14(15-4-6-16(19)7-5-15)20-26(22,23)17-8-10-18(11-9-17)27(24,25)21-12-2-3-13-21/h4-11,14,20H,2-3,12-13H2,1H3/t14-/m1/s1. The van der Waals surface area contributed by atoms with Crippen molar-refractivity contribution in [3.63, 3.8) is 0 Å². The third kappa shape index (κ3) is 4.37. The summed E-state index contributed by atoms with van der Waals surface area (Å²) in [7, 11) is -7.44. The molecular formula is C18H21FN2O4S2. The van der Waals surface area contributed by atoms with E-state index in [-0.39, 0.29) is 9.79 Å². The topological polar surface area (TPSA) is 83.5 Å². The first kappa shape index (κ1) is 19.9. The zero-order chi connectivity index (χ0) is 19.7. The lowest BCUT2D eigenvalue weighted by molar-refractivity contribution is 0.477. The smallest absolute Gasteiger partial charge is 0.207 e. The van der Waals surface area contributed by atoms with Gasteiger partial charge < -0.3 is 0 Å². The fourth-order valence-corrected chi connectivity index (χ4v) is 5.74. The molecule has 1 fully saturated rings. The van der Waals surface area contributed by atoms with E-state index >= 15 is 0 Å². The maximum absolute atomic E-state index is 13.0. The lowest BCUT2D eigenvalue weighted by atomic mass is 10.1. The molecule has 0 saturated carbocycles. The van der Waals surface area contributed by atoms with Crippen LogP contribution in [0.2, 0.25) is 0 Å². The largest absolute Gasteiger partial charge is 0.243 e. The molecular weight excluding hydrogens is 391 g/mol. The number of hydrogen-bond donors (Lipinski definition) is 1. The van der Waals surface area contributed by atoms with Gasteiger partial charge in [0.1, 0.15) is 5.82 Å². The molecule has 0 spiro atoms. The van der Waals surface area contributed by atoms with Gasteiger partial charge in [-0.15, -0.1) is 0 Å². The molecule has 0 unspecified atom stereocenters. The molecule has 27 heavy (non-hydrogen) atoms. The van der Waals surface area contributed by atoms with Gasteiger partial charge in [0.2, 0.25) is 20.0 Å². The van der Waals surface area contributed by atoms with Crippen LogP contribution in [0, 0.1) is 5.82 Å². The fourth-order valence-electron chi connectivity index (χ4n) is 2.99. The average molecular weight is 413 g/mol. The second-order valence-corrected chi connectivity index (χ2v) is 10.1. The lowest BCUT2D eigenvalue weighted by Crippen LogP contribution is -2.28. The van der Waals surface area contributed by atoms with Gasteiger partial charge in [0.05, 0.1) is 9.79 Å². The van der Waals surface area contributed by atoms with Gasteiger partial charge in [-0.1, -0.05) is 12.1 Å².